The van der Waals surface area contributed by atoms with Gasteiger partial charge in [0.1, 0.15) is 0 Å². The molecule has 1 amide bonds. The first-order chi connectivity index (χ1) is 10.7. The lowest BCUT2D eigenvalue weighted by atomic mass is 10.1. The predicted molar refractivity (Wildman–Crippen MR) is 94.5 cm³/mol. The molecule has 1 aromatic carbocycles. The zero-order valence-electron chi connectivity index (χ0n) is 13.3. The van der Waals surface area contributed by atoms with Gasteiger partial charge in [-0.2, -0.15) is 0 Å². The van der Waals surface area contributed by atoms with E-state index in [4.69, 9.17) is 23.2 Å². The number of carbonyl (C=O) groups excluding carboxylic acids is 1. The molecule has 0 radical (unpaired) electrons. The van der Waals surface area contributed by atoms with Crippen LogP contribution in [0.15, 0.2) is 18.2 Å². The smallest absolute Gasteiger partial charge is 0.221 e. The van der Waals surface area contributed by atoms with Crippen molar-refractivity contribution in [2.24, 2.45) is 0 Å². The molecule has 0 saturated carbocycles. The fraction of sp³-hybridized carbons (Fsp3) is 0.533. The molecule has 0 aliphatic heterocycles. The van der Waals surface area contributed by atoms with Gasteiger partial charge in [0.05, 0.1) is 6.26 Å². The second-order valence-corrected chi connectivity index (χ2v) is 8.07. The van der Waals surface area contributed by atoms with Crippen molar-refractivity contribution in [3.8, 4) is 0 Å². The second kappa shape index (κ2) is 9.47. The number of carbonyl (C=O) groups is 1. The number of benzene rings is 1. The number of nitrogens with one attached hydrogen (secondary N) is 1. The summed E-state index contributed by atoms with van der Waals surface area (Å²) in [6.45, 7) is 2.95. The number of rotatable bonds is 9. The Morgan fingerprint density at radius 1 is 1.26 bits per heavy atom. The molecule has 1 N–H and O–H groups in total. The molecule has 0 aromatic heterocycles. The number of amides is 1. The average Bonchev–Trinajstić information content (AvgIpc) is 2.44. The molecule has 130 valence electrons. The molecule has 0 aliphatic rings. The van der Waals surface area contributed by atoms with Crippen LogP contribution < -0.4 is 5.32 Å². The zero-order valence-corrected chi connectivity index (χ0v) is 15.6. The number of sulfonamides is 1. The van der Waals surface area contributed by atoms with Crippen molar-refractivity contribution in [3.63, 3.8) is 0 Å². The van der Waals surface area contributed by atoms with E-state index in [1.54, 1.807) is 12.1 Å². The fourth-order valence-electron chi connectivity index (χ4n) is 2.07. The van der Waals surface area contributed by atoms with Crippen LogP contribution in [0.4, 0.5) is 0 Å². The predicted octanol–water partition coefficient (Wildman–Crippen LogP) is 2.71. The van der Waals surface area contributed by atoms with Crippen molar-refractivity contribution in [1.29, 1.82) is 0 Å². The molecule has 0 aliphatic carbocycles. The summed E-state index contributed by atoms with van der Waals surface area (Å²) < 4.78 is 24.5. The summed E-state index contributed by atoms with van der Waals surface area (Å²) in [5, 5.41) is 3.91. The quantitative estimate of drug-likeness (QED) is 0.715. The van der Waals surface area contributed by atoms with Crippen LogP contribution in [0.2, 0.25) is 10.0 Å². The first kappa shape index (κ1) is 20.2. The maximum atomic E-state index is 11.8. The molecule has 0 fully saturated rings. The lowest BCUT2D eigenvalue weighted by Crippen LogP contribution is -2.35. The van der Waals surface area contributed by atoms with Crippen LogP contribution in [0.3, 0.4) is 0 Å². The Morgan fingerprint density at radius 2 is 1.96 bits per heavy atom. The van der Waals surface area contributed by atoms with Crippen molar-refractivity contribution in [3.05, 3.63) is 33.8 Å². The van der Waals surface area contributed by atoms with Crippen LogP contribution in [0.5, 0.6) is 0 Å². The minimum absolute atomic E-state index is 0.140. The van der Waals surface area contributed by atoms with Gasteiger partial charge in [-0.1, -0.05) is 36.2 Å². The van der Waals surface area contributed by atoms with E-state index in [0.717, 1.165) is 11.8 Å². The van der Waals surface area contributed by atoms with Gasteiger partial charge in [0.2, 0.25) is 15.9 Å². The fourth-order valence-corrected chi connectivity index (χ4v) is 3.51. The Kier molecular flexibility index (Phi) is 8.33. The molecular formula is C15H22Cl2N2O3S. The van der Waals surface area contributed by atoms with Crippen molar-refractivity contribution in [2.75, 3.05) is 25.9 Å². The van der Waals surface area contributed by atoms with E-state index in [1.807, 2.05) is 13.0 Å². The Bertz CT molecular complexity index is 636. The molecule has 23 heavy (non-hydrogen) atoms. The summed E-state index contributed by atoms with van der Waals surface area (Å²) in [5.41, 5.74) is 0.903. The highest BCUT2D eigenvalue weighted by Gasteiger charge is 2.16. The van der Waals surface area contributed by atoms with Crippen molar-refractivity contribution < 1.29 is 13.2 Å². The number of halogens is 2. The minimum atomic E-state index is -3.27. The van der Waals surface area contributed by atoms with Gasteiger partial charge >= 0.3 is 0 Å². The van der Waals surface area contributed by atoms with Gasteiger partial charge in [-0.05, 0) is 30.5 Å². The highest BCUT2D eigenvalue weighted by atomic mass is 35.5. The molecule has 0 bridgehead atoms. The van der Waals surface area contributed by atoms with Crippen LogP contribution in [0, 0.1) is 0 Å². The molecule has 1 rings (SSSR count). The first-order valence-corrected chi connectivity index (χ1v) is 10.00. The van der Waals surface area contributed by atoms with Gasteiger partial charge in [-0.3, -0.25) is 4.79 Å². The number of hydrogen-bond donors (Lipinski definition) is 1. The minimum Gasteiger partial charge on any atom is -0.356 e. The monoisotopic (exact) mass is 380 g/mol. The third-order valence-electron chi connectivity index (χ3n) is 3.26. The number of hydrogen-bond acceptors (Lipinski definition) is 3. The molecule has 0 spiro atoms. The third kappa shape index (κ3) is 7.52. The van der Waals surface area contributed by atoms with Crippen LogP contribution in [-0.4, -0.2) is 44.5 Å². The highest BCUT2D eigenvalue weighted by molar-refractivity contribution is 7.88. The van der Waals surface area contributed by atoms with Crippen LogP contribution in [0.25, 0.3) is 0 Å². The van der Waals surface area contributed by atoms with E-state index in [2.05, 4.69) is 5.32 Å². The number of nitrogens with zero attached hydrogens (tertiary/aromatic N) is 1. The Labute approximate surface area is 148 Å². The van der Waals surface area contributed by atoms with E-state index in [0.29, 0.717) is 36.0 Å². The van der Waals surface area contributed by atoms with Gasteiger partial charge in [0.15, 0.2) is 0 Å². The van der Waals surface area contributed by atoms with Crippen molar-refractivity contribution in [1.82, 2.24) is 9.62 Å². The summed E-state index contributed by atoms with van der Waals surface area (Å²) >= 11 is 11.9. The second-order valence-electron chi connectivity index (χ2n) is 5.25. The first-order valence-electron chi connectivity index (χ1n) is 7.39. The van der Waals surface area contributed by atoms with Gasteiger partial charge in [0, 0.05) is 36.1 Å². The van der Waals surface area contributed by atoms with E-state index in [-0.39, 0.29) is 18.9 Å². The summed E-state index contributed by atoms with van der Waals surface area (Å²) in [5.74, 6) is -0.181. The van der Waals surface area contributed by atoms with Gasteiger partial charge < -0.3 is 5.32 Å². The van der Waals surface area contributed by atoms with Crippen molar-refractivity contribution >= 4 is 39.1 Å². The molecule has 1 aromatic rings. The van der Waals surface area contributed by atoms with Crippen LogP contribution >= 0.6 is 23.2 Å². The van der Waals surface area contributed by atoms with Gasteiger partial charge in [-0.15, -0.1) is 0 Å². The Morgan fingerprint density at radius 3 is 2.52 bits per heavy atom. The maximum absolute atomic E-state index is 11.8. The van der Waals surface area contributed by atoms with Gasteiger partial charge in [-0.25, -0.2) is 12.7 Å². The molecule has 0 atom stereocenters. The van der Waals surface area contributed by atoms with Crippen LogP contribution in [-0.2, 0) is 21.2 Å². The Balaban J connectivity index is 2.39. The zero-order chi connectivity index (χ0) is 17.5. The van der Waals surface area contributed by atoms with Crippen LogP contribution in [0.1, 0.15) is 25.3 Å². The van der Waals surface area contributed by atoms with Gasteiger partial charge in [0.25, 0.3) is 0 Å². The topological polar surface area (TPSA) is 66.5 Å². The molecular weight excluding hydrogens is 359 g/mol. The molecule has 0 heterocycles. The molecule has 5 nitrogen and oxygen atoms in total. The molecule has 0 unspecified atom stereocenters. The third-order valence-corrected chi connectivity index (χ3v) is 5.15. The SMILES string of the molecule is CCCN(CCC(=O)NCCc1ccc(Cl)cc1Cl)S(C)(=O)=O. The standard InChI is InChI=1S/C15H22Cl2N2O3S/c1-3-9-19(23(2,21)22)10-7-15(20)18-8-6-12-4-5-13(16)11-14(12)17/h4-5,11H,3,6-10H2,1-2H3,(H,18,20). The maximum Gasteiger partial charge on any atom is 0.221 e. The van der Waals surface area contributed by atoms with E-state index in [1.165, 1.54) is 4.31 Å². The summed E-state index contributed by atoms with van der Waals surface area (Å²) in [7, 11) is -3.27. The van der Waals surface area contributed by atoms with E-state index in [9.17, 15) is 13.2 Å². The molecule has 0 saturated heterocycles. The lowest BCUT2D eigenvalue weighted by molar-refractivity contribution is -0.121. The van der Waals surface area contributed by atoms with Crippen molar-refractivity contribution in [2.45, 2.75) is 26.2 Å². The van der Waals surface area contributed by atoms with E-state index < -0.39 is 10.0 Å². The highest BCUT2D eigenvalue weighted by Crippen LogP contribution is 2.21. The Hall–Kier alpha value is -0.820. The summed E-state index contributed by atoms with van der Waals surface area (Å²) in [4.78, 5) is 11.8. The summed E-state index contributed by atoms with van der Waals surface area (Å²) in [6, 6.07) is 5.23. The summed E-state index contributed by atoms with van der Waals surface area (Å²) in [6.07, 6.45) is 2.60. The molecule has 8 heteroatoms. The largest absolute Gasteiger partial charge is 0.356 e. The lowest BCUT2D eigenvalue weighted by Gasteiger charge is -2.18. The average molecular weight is 381 g/mol. The van der Waals surface area contributed by atoms with E-state index >= 15 is 0 Å². The normalized spacial score (nSPS) is 11.7.